The predicted octanol–water partition coefficient (Wildman–Crippen LogP) is 0.852. The van der Waals surface area contributed by atoms with Crippen molar-refractivity contribution in [2.45, 2.75) is 39.1 Å². The smallest absolute Gasteiger partial charge is 0.334 e. The lowest BCUT2D eigenvalue weighted by molar-refractivity contribution is -0.157. The summed E-state index contributed by atoms with van der Waals surface area (Å²) in [4.78, 5) is 34.3. The number of ether oxygens (including phenoxy) is 2. The zero-order chi connectivity index (χ0) is 16.0. The lowest BCUT2D eigenvalue weighted by Gasteiger charge is -2.25. The minimum atomic E-state index is -1.15. The molecule has 0 saturated heterocycles. The normalized spacial score (nSPS) is 23.8. The molecule has 0 spiro atoms. The van der Waals surface area contributed by atoms with Gasteiger partial charge in [-0.15, -0.1) is 0 Å². The second-order valence-corrected chi connectivity index (χ2v) is 4.54. The molecule has 21 heavy (non-hydrogen) atoms. The molecule has 1 N–H and O–H groups in total. The molecule has 0 aromatic rings. The van der Waals surface area contributed by atoms with Crippen LogP contribution >= 0.6 is 0 Å². The van der Waals surface area contributed by atoms with E-state index >= 15 is 0 Å². The van der Waals surface area contributed by atoms with Crippen molar-refractivity contribution in [3.05, 3.63) is 36.0 Å². The standard InChI is InChI=1S/C15H18O6/c1-4-9(2)15(19)21-13-7-8-14(18)20-12(13)6-5-11(17)10(3)16/h4-8,10,12-13,16H,1-3H3/b6-5-,9-4+. The Hall–Kier alpha value is -2.21. The summed E-state index contributed by atoms with van der Waals surface area (Å²) in [5.74, 6) is -1.66. The second kappa shape index (κ2) is 7.54. The summed E-state index contributed by atoms with van der Waals surface area (Å²) in [5, 5.41) is 9.10. The van der Waals surface area contributed by atoms with Crippen LogP contribution < -0.4 is 0 Å². The minimum absolute atomic E-state index is 0.420. The number of aliphatic hydroxyl groups is 1. The SMILES string of the molecule is C/C=C(\C)C(=O)OC1C=CC(=O)OC1/C=C\C(=O)C(C)O. The van der Waals surface area contributed by atoms with Gasteiger partial charge in [-0.25, -0.2) is 9.59 Å². The monoisotopic (exact) mass is 294 g/mol. The van der Waals surface area contributed by atoms with Crippen LogP contribution in [-0.4, -0.2) is 41.1 Å². The van der Waals surface area contributed by atoms with Gasteiger partial charge in [0.05, 0.1) is 0 Å². The molecule has 0 bridgehead atoms. The maximum atomic E-state index is 11.7. The van der Waals surface area contributed by atoms with Gasteiger partial charge in [0.1, 0.15) is 6.10 Å². The van der Waals surface area contributed by atoms with Crippen LogP contribution in [0.4, 0.5) is 0 Å². The number of aliphatic hydroxyl groups excluding tert-OH is 1. The molecular weight excluding hydrogens is 276 g/mol. The molecule has 1 rings (SSSR count). The average molecular weight is 294 g/mol. The van der Waals surface area contributed by atoms with E-state index in [9.17, 15) is 14.4 Å². The van der Waals surface area contributed by atoms with E-state index in [-0.39, 0.29) is 0 Å². The summed E-state index contributed by atoms with van der Waals surface area (Å²) in [6.45, 7) is 4.63. The highest BCUT2D eigenvalue weighted by molar-refractivity contribution is 5.93. The molecule has 0 saturated carbocycles. The fourth-order valence-electron chi connectivity index (χ4n) is 1.44. The first kappa shape index (κ1) is 16.8. The van der Waals surface area contributed by atoms with Crippen molar-refractivity contribution in [1.82, 2.24) is 0 Å². The zero-order valence-electron chi connectivity index (χ0n) is 12.1. The van der Waals surface area contributed by atoms with Gasteiger partial charge in [0.25, 0.3) is 0 Å². The number of carbonyl (C=O) groups excluding carboxylic acids is 3. The molecule has 3 atom stereocenters. The molecule has 0 aliphatic carbocycles. The van der Waals surface area contributed by atoms with E-state index in [2.05, 4.69) is 0 Å². The molecule has 1 aliphatic rings. The fourth-order valence-corrected chi connectivity index (χ4v) is 1.44. The van der Waals surface area contributed by atoms with Crippen molar-refractivity contribution in [1.29, 1.82) is 0 Å². The number of rotatable bonds is 5. The highest BCUT2D eigenvalue weighted by Crippen LogP contribution is 2.15. The van der Waals surface area contributed by atoms with Crippen LogP contribution in [0.5, 0.6) is 0 Å². The first-order valence-electron chi connectivity index (χ1n) is 6.48. The van der Waals surface area contributed by atoms with E-state index in [1.807, 2.05) is 0 Å². The number of carbonyl (C=O) groups is 3. The summed E-state index contributed by atoms with van der Waals surface area (Å²) in [5.41, 5.74) is 0.420. The summed E-state index contributed by atoms with van der Waals surface area (Å²) in [7, 11) is 0. The quantitative estimate of drug-likeness (QED) is 0.597. The van der Waals surface area contributed by atoms with Crippen molar-refractivity contribution in [3.8, 4) is 0 Å². The van der Waals surface area contributed by atoms with Gasteiger partial charge >= 0.3 is 11.9 Å². The highest BCUT2D eigenvalue weighted by atomic mass is 16.6. The summed E-state index contributed by atoms with van der Waals surface area (Å²) in [6, 6.07) is 0. The Morgan fingerprint density at radius 3 is 2.71 bits per heavy atom. The van der Waals surface area contributed by atoms with E-state index < -0.39 is 36.0 Å². The van der Waals surface area contributed by atoms with E-state index in [1.165, 1.54) is 19.1 Å². The third-order valence-electron chi connectivity index (χ3n) is 2.86. The number of esters is 2. The Kier molecular flexibility index (Phi) is 6.05. The molecule has 6 nitrogen and oxygen atoms in total. The Morgan fingerprint density at radius 2 is 2.14 bits per heavy atom. The Morgan fingerprint density at radius 1 is 1.48 bits per heavy atom. The minimum Gasteiger partial charge on any atom is -0.451 e. The molecule has 1 aliphatic heterocycles. The molecule has 0 radical (unpaired) electrons. The zero-order valence-corrected chi connectivity index (χ0v) is 12.1. The number of ketones is 1. The maximum Gasteiger partial charge on any atom is 0.334 e. The van der Waals surface area contributed by atoms with Crippen molar-refractivity contribution in [2.24, 2.45) is 0 Å². The highest BCUT2D eigenvalue weighted by Gasteiger charge is 2.28. The summed E-state index contributed by atoms with van der Waals surface area (Å²) < 4.78 is 10.2. The topological polar surface area (TPSA) is 89.9 Å². The number of hydrogen-bond acceptors (Lipinski definition) is 6. The van der Waals surface area contributed by atoms with Gasteiger partial charge in [-0.2, -0.15) is 0 Å². The van der Waals surface area contributed by atoms with Crippen molar-refractivity contribution < 1.29 is 29.0 Å². The molecule has 0 amide bonds. The van der Waals surface area contributed by atoms with Gasteiger partial charge < -0.3 is 14.6 Å². The van der Waals surface area contributed by atoms with Crippen molar-refractivity contribution in [2.75, 3.05) is 0 Å². The number of hydrogen-bond donors (Lipinski definition) is 1. The first-order valence-corrected chi connectivity index (χ1v) is 6.48. The van der Waals surface area contributed by atoms with Crippen LogP contribution in [0.2, 0.25) is 0 Å². The van der Waals surface area contributed by atoms with Crippen LogP contribution in [0, 0.1) is 0 Å². The van der Waals surface area contributed by atoms with Gasteiger partial charge in [0.15, 0.2) is 18.0 Å². The van der Waals surface area contributed by atoms with Crippen LogP contribution in [0.1, 0.15) is 20.8 Å². The van der Waals surface area contributed by atoms with Gasteiger partial charge in [0, 0.05) is 11.6 Å². The molecule has 0 aromatic heterocycles. The number of allylic oxidation sites excluding steroid dienone is 1. The third kappa shape index (κ3) is 5.00. The molecule has 114 valence electrons. The molecule has 0 aromatic carbocycles. The number of cyclic esters (lactones) is 1. The lowest BCUT2D eigenvalue weighted by Crippen LogP contribution is -2.35. The predicted molar refractivity (Wildman–Crippen MR) is 74.2 cm³/mol. The van der Waals surface area contributed by atoms with Crippen LogP contribution in [0.15, 0.2) is 36.0 Å². The van der Waals surface area contributed by atoms with Gasteiger partial charge in [-0.1, -0.05) is 6.08 Å². The molecule has 3 unspecified atom stereocenters. The molecule has 6 heteroatoms. The lowest BCUT2D eigenvalue weighted by atomic mass is 10.1. The van der Waals surface area contributed by atoms with Crippen LogP contribution in [0.25, 0.3) is 0 Å². The third-order valence-corrected chi connectivity index (χ3v) is 2.86. The molecule has 0 fully saturated rings. The average Bonchev–Trinajstić information content (AvgIpc) is 2.45. The molecule has 1 heterocycles. The second-order valence-electron chi connectivity index (χ2n) is 4.54. The largest absolute Gasteiger partial charge is 0.451 e. The Labute approximate surface area is 122 Å². The van der Waals surface area contributed by atoms with Crippen LogP contribution in [-0.2, 0) is 23.9 Å². The first-order chi connectivity index (χ1) is 9.85. The Balaban J connectivity index is 2.83. The van der Waals surface area contributed by atoms with Gasteiger partial charge in [-0.05, 0) is 39.0 Å². The van der Waals surface area contributed by atoms with E-state index in [0.29, 0.717) is 5.57 Å². The van der Waals surface area contributed by atoms with Crippen molar-refractivity contribution >= 4 is 17.7 Å². The van der Waals surface area contributed by atoms with Crippen molar-refractivity contribution in [3.63, 3.8) is 0 Å². The summed E-state index contributed by atoms with van der Waals surface area (Å²) in [6.07, 6.45) is 3.68. The summed E-state index contributed by atoms with van der Waals surface area (Å²) >= 11 is 0. The van der Waals surface area contributed by atoms with Gasteiger partial charge in [0.2, 0.25) is 0 Å². The van der Waals surface area contributed by atoms with E-state index in [4.69, 9.17) is 14.6 Å². The maximum absolute atomic E-state index is 11.7. The molecular formula is C15H18O6. The van der Waals surface area contributed by atoms with Gasteiger partial charge in [-0.3, -0.25) is 4.79 Å². The van der Waals surface area contributed by atoms with Crippen LogP contribution in [0.3, 0.4) is 0 Å². The Bertz CT molecular complexity index is 512. The van der Waals surface area contributed by atoms with E-state index in [0.717, 1.165) is 12.2 Å². The fraction of sp³-hybridized carbons (Fsp3) is 0.400. The van der Waals surface area contributed by atoms with E-state index in [1.54, 1.807) is 19.9 Å².